The smallest absolute Gasteiger partial charge is 0.326 e. The molecule has 0 aliphatic heterocycles. The van der Waals surface area contributed by atoms with E-state index in [4.69, 9.17) is 4.74 Å². The van der Waals surface area contributed by atoms with Crippen molar-refractivity contribution in [3.05, 3.63) is 126 Å². The Morgan fingerprint density at radius 1 is 0.860 bits per heavy atom. The van der Waals surface area contributed by atoms with Gasteiger partial charge in [0.1, 0.15) is 24.2 Å². The van der Waals surface area contributed by atoms with Gasteiger partial charge in [-0.25, -0.2) is 9.18 Å². The molecule has 4 aromatic rings. The van der Waals surface area contributed by atoms with E-state index in [0.717, 1.165) is 5.56 Å². The zero-order valence-electron chi connectivity index (χ0n) is 24.2. The average molecular weight is 583 g/mol. The van der Waals surface area contributed by atoms with Gasteiger partial charge in [-0.3, -0.25) is 9.59 Å². The van der Waals surface area contributed by atoms with Crippen molar-refractivity contribution in [2.45, 2.75) is 32.7 Å². The zero-order valence-corrected chi connectivity index (χ0v) is 24.2. The summed E-state index contributed by atoms with van der Waals surface area (Å²) in [6.45, 7) is 4.43. The maximum atomic E-state index is 13.4. The van der Waals surface area contributed by atoms with Crippen LogP contribution in [-0.2, 0) is 16.0 Å². The van der Waals surface area contributed by atoms with Gasteiger partial charge in [-0.15, -0.1) is 0 Å². The Labute approximate surface area is 250 Å². The second-order valence-electron chi connectivity index (χ2n) is 10.6. The number of ketones is 1. The van der Waals surface area contributed by atoms with Crippen molar-refractivity contribution in [3.63, 3.8) is 0 Å². The van der Waals surface area contributed by atoms with Crippen LogP contribution in [0.5, 0.6) is 5.75 Å². The van der Waals surface area contributed by atoms with Crippen molar-refractivity contribution in [2.24, 2.45) is 5.92 Å². The van der Waals surface area contributed by atoms with E-state index >= 15 is 0 Å². The van der Waals surface area contributed by atoms with Gasteiger partial charge >= 0.3 is 5.97 Å². The second-order valence-corrected chi connectivity index (χ2v) is 10.6. The minimum Gasteiger partial charge on any atom is -0.492 e. The quantitative estimate of drug-likeness (QED) is 0.162. The third-order valence-corrected chi connectivity index (χ3v) is 6.80. The van der Waals surface area contributed by atoms with Gasteiger partial charge in [0.25, 0.3) is 0 Å². The number of para-hydroxylation sites is 1. The summed E-state index contributed by atoms with van der Waals surface area (Å²) in [6.07, 6.45) is 0.529. The third kappa shape index (κ3) is 8.75. The summed E-state index contributed by atoms with van der Waals surface area (Å²) >= 11 is 0. The van der Waals surface area contributed by atoms with Crippen LogP contribution in [0.4, 0.5) is 15.8 Å². The largest absolute Gasteiger partial charge is 0.492 e. The van der Waals surface area contributed by atoms with Crippen molar-refractivity contribution >= 4 is 29.0 Å². The van der Waals surface area contributed by atoms with E-state index < -0.39 is 12.0 Å². The molecule has 8 heteroatoms. The number of carboxylic acid groups (broad SMARTS) is 1. The van der Waals surface area contributed by atoms with Gasteiger partial charge in [-0.05, 0) is 60.0 Å². The molecule has 0 aliphatic rings. The number of nitrogens with one attached hydrogen (secondary N) is 1. The maximum absolute atomic E-state index is 13.4. The normalized spacial score (nSPS) is 11.5. The lowest BCUT2D eigenvalue weighted by Crippen LogP contribution is -2.35. The highest BCUT2D eigenvalue weighted by atomic mass is 19.1. The second kappa shape index (κ2) is 14.8. The van der Waals surface area contributed by atoms with Crippen LogP contribution in [-0.4, -0.2) is 42.0 Å². The van der Waals surface area contributed by atoms with Crippen LogP contribution in [0.15, 0.2) is 103 Å². The van der Waals surface area contributed by atoms with Crippen LogP contribution in [0.25, 0.3) is 0 Å². The molecule has 0 bridgehead atoms. The van der Waals surface area contributed by atoms with E-state index in [1.807, 2.05) is 19.9 Å². The third-order valence-electron chi connectivity index (χ3n) is 6.80. The lowest BCUT2D eigenvalue weighted by Gasteiger charge is -2.24. The fourth-order valence-electron chi connectivity index (χ4n) is 4.63. The van der Waals surface area contributed by atoms with Crippen LogP contribution in [0.2, 0.25) is 0 Å². The van der Waals surface area contributed by atoms with Crippen molar-refractivity contribution in [2.75, 3.05) is 23.4 Å². The molecule has 1 atom stereocenters. The average Bonchev–Trinajstić information content (AvgIpc) is 3.00. The predicted octanol–water partition coefficient (Wildman–Crippen LogP) is 6.62. The molecule has 0 radical (unpaired) electrons. The summed E-state index contributed by atoms with van der Waals surface area (Å²) in [5.41, 5.74) is 2.72. The number of benzene rings is 4. The van der Waals surface area contributed by atoms with E-state index in [2.05, 4.69) is 5.32 Å². The molecule has 4 rings (SSSR count). The Bertz CT molecular complexity index is 1520. The molecule has 0 saturated heterocycles. The standard InChI is InChI=1S/C35H35FN2O5/c1-24(2)22-33(39)38(28-16-14-27(36)15-17-28)20-21-43-29-18-12-25(13-19-29)23-32(35(41)42)37-31-11-7-6-10-30(31)34(40)26-8-4-3-5-9-26/h3-19,24,32,37H,20-23H2,1-2H3,(H,41,42)/t32-/m0/s1. The Balaban J connectivity index is 1.39. The Hall–Kier alpha value is -4.98. The van der Waals surface area contributed by atoms with Crippen molar-refractivity contribution in [1.82, 2.24) is 0 Å². The number of amides is 1. The van der Waals surface area contributed by atoms with Crippen molar-refractivity contribution in [3.8, 4) is 5.75 Å². The number of hydrogen-bond acceptors (Lipinski definition) is 5. The first-order valence-corrected chi connectivity index (χ1v) is 14.2. The number of aliphatic carboxylic acids is 1. The van der Waals surface area contributed by atoms with Gasteiger partial charge in [0.2, 0.25) is 5.91 Å². The first kappa shape index (κ1) is 31.0. The molecular formula is C35H35FN2O5. The number of nitrogens with zero attached hydrogens (tertiary/aromatic N) is 1. The Morgan fingerprint density at radius 3 is 2.16 bits per heavy atom. The number of carbonyl (C=O) groups excluding carboxylic acids is 2. The molecule has 0 saturated carbocycles. The van der Waals surface area contributed by atoms with E-state index in [0.29, 0.717) is 34.7 Å². The summed E-state index contributed by atoms with van der Waals surface area (Å²) in [7, 11) is 0. The van der Waals surface area contributed by atoms with E-state index in [9.17, 15) is 23.9 Å². The molecular weight excluding hydrogens is 547 g/mol. The summed E-state index contributed by atoms with van der Waals surface area (Å²) < 4.78 is 19.3. The van der Waals surface area contributed by atoms with Gasteiger partial charge in [0.15, 0.2) is 5.78 Å². The Kier molecular flexibility index (Phi) is 10.6. The van der Waals surface area contributed by atoms with Crippen LogP contribution >= 0.6 is 0 Å². The first-order chi connectivity index (χ1) is 20.7. The maximum Gasteiger partial charge on any atom is 0.326 e. The minimum atomic E-state index is -1.05. The number of carbonyl (C=O) groups is 3. The molecule has 1 amide bonds. The van der Waals surface area contributed by atoms with Crippen LogP contribution in [0, 0.1) is 11.7 Å². The minimum absolute atomic E-state index is 0.0696. The SMILES string of the molecule is CC(C)CC(=O)N(CCOc1ccc(C[C@H](Nc2ccccc2C(=O)c2ccccc2)C(=O)O)cc1)c1ccc(F)cc1. The topological polar surface area (TPSA) is 95.9 Å². The lowest BCUT2D eigenvalue weighted by atomic mass is 10.00. The summed E-state index contributed by atoms with van der Waals surface area (Å²) in [5, 5.41) is 13.0. The summed E-state index contributed by atoms with van der Waals surface area (Å²) in [4.78, 5) is 39.7. The molecule has 4 aromatic carbocycles. The molecule has 0 spiro atoms. The molecule has 7 nitrogen and oxygen atoms in total. The summed E-state index contributed by atoms with van der Waals surface area (Å²) in [6, 6.07) is 27.6. The fraction of sp³-hybridized carbons (Fsp3) is 0.229. The first-order valence-electron chi connectivity index (χ1n) is 14.2. The van der Waals surface area contributed by atoms with Gasteiger partial charge in [0.05, 0.1) is 6.54 Å². The molecule has 222 valence electrons. The van der Waals surface area contributed by atoms with Crippen LogP contribution in [0.3, 0.4) is 0 Å². The molecule has 0 aliphatic carbocycles. The molecule has 43 heavy (non-hydrogen) atoms. The van der Waals surface area contributed by atoms with Crippen LogP contribution in [0.1, 0.15) is 41.8 Å². The monoisotopic (exact) mass is 582 g/mol. The number of halogens is 1. The predicted molar refractivity (Wildman–Crippen MR) is 165 cm³/mol. The molecule has 0 unspecified atom stereocenters. The lowest BCUT2D eigenvalue weighted by molar-refractivity contribution is -0.137. The Morgan fingerprint density at radius 2 is 1.51 bits per heavy atom. The number of carboxylic acids is 1. The van der Waals surface area contributed by atoms with Gasteiger partial charge in [-0.2, -0.15) is 0 Å². The zero-order chi connectivity index (χ0) is 30.8. The number of ether oxygens (including phenoxy) is 1. The van der Waals surface area contributed by atoms with E-state index in [-0.39, 0.29) is 43.0 Å². The van der Waals surface area contributed by atoms with Gasteiger partial charge in [0, 0.05) is 35.3 Å². The van der Waals surface area contributed by atoms with E-state index in [1.165, 1.54) is 12.1 Å². The molecule has 0 fully saturated rings. The van der Waals surface area contributed by atoms with Crippen molar-refractivity contribution in [1.29, 1.82) is 0 Å². The van der Waals surface area contributed by atoms with Crippen molar-refractivity contribution < 1.29 is 28.6 Å². The van der Waals surface area contributed by atoms with Gasteiger partial charge in [-0.1, -0.05) is 68.4 Å². The highest BCUT2D eigenvalue weighted by molar-refractivity contribution is 6.12. The fourth-order valence-corrected chi connectivity index (χ4v) is 4.63. The number of anilines is 2. The number of hydrogen-bond donors (Lipinski definition) is 2. The molecule has 2 N–H and O–H groups in total. The molecule has 0 aromatic heterocycles. The number of rotatable bonds is 14. The molecule has 0 heterocycles. The summed E-state index contributed by atoms with van der Waals surface area (Å²) in [5.74, 6) is -0.947. The van der Waals surface area contributed by atoms with E-state index in [1.54, 1.807) is 89.8 Å². The van der Waals surface area contributed by atoms with Crippen LogP contribution < -0.4 is 15.0 Å². The highest BCUT2D eigenvalue weighted by Crippen LogP contribution is 2.22. The van der Waals surface area contributed by atoms with Gasteiger partial charge < -0.3 is 20.1 Å². The highest BCUT2D eigenvalue weighted by Gasteiger charge is 2.22.